The van der Waals surface area contributed by atoms with E-state index in [1.807, 2.05) is 18.2 Å². The maximum atomic E-state index is 5.98. The minimum Gasteiger partial charge on any atom is -0.382 e. The summed E-state index contributed by atoms with van der Waals surface area (Å²) >= 11 is 0. The maximum absolute atomic E-state index is 5.98. The molecule has 4 nitrogen and oxygen atoms in total. The average molecular weight is 295 g/mol. The fraction of sp³-hybridized carbons (Fsp3) is 0.647. The van der Waals surface area contributed by atoms with E-state index < -0.39 is 0 Å². The standard InChI is InChI=1S/C17H29NO3/c1-17(2,3)18-14-16(15-8-6-5-7-9-15)21-13-12-20-11-10-19-4/h5-9,16,18H,10-14H2,1-4H3. The van der Waals surface area contributed by atoms with Crippen molar-refractivity contribution in [2.24, 2.45) is 0 Å². The van der Waals surface area contributed by atoms with Gasteiger partial charge in [0.05, 0.1) is 32.5 Å². The van der Waals surface area contributed by atoms with Crippen LogP contribution in [0.3, 0.4) is 0 Å². The molecule has 0 aliphatic rings. The second-order valence-electron chi connectivity index (χ2n) is 6.01. The highest BCUT2D eigenvalue weighted by Crippen LogP contribution is 2.17. The molecule has 1 atom stereocenters. The summed E-state index contributed by atoms with van der Waals surface area (Å²) in [5.74, 6) is 0. The second kappa shape index (κ2) is 9.90. The van der Waals surface area contributed by atoms with Crippen molar-refractivity contribution >= 4 is 0 Å². The SMILES string of the molecule is COCCOCCOC(CNC(C)(C)C)c1ccccc1. The number of rotatable bonds is 10. The Balaban J connectivity index is 2.41. The lowest BCUT2D eigenvalue weighted by Crippen LogP contribution is -2.39. The van der Waals surface area contributed by atoms with Gasteiger partial charge in [0.1, 0.15) is 0 Å². The van der Waals surface area contributed by atoms with Gasteiger partial charge in [0.15, 0.2) is 0 Å². The van der Waals surface area contributed by atoms with Crippen LogP contribution in [-0.4, -0.2) is 45.6 Å². The third kappa shape index (κ3) is 8.83. The molecule has 1 aromatic carbocycles. The van der Waals surface area contributed by atoms with Gasteiger partial charge in [-0.15, -0.1) is 0 Å². The summed E-state index contributed by atoms with van der Waals surface area (Å²) in [5.41, 5.74) is 1.26. The van der Waals surface area contributed by atoms with Crippen LogP contribution in [0.5, 0.6) is 0 Å². The van der Waals surface area contributed by atoms with Crippen molar-refractivity contribution in [3.8, 4) is 0 Å². The highest BCUT2D eigenvalue weighted by molar-refractivity contribution is 5.18. The van der Waals surface area contributed by atoms with Crippen LogP contribution in [0.15, 0.2) is 30.3 Å². The van der Waals surface area contributed by atoms with Gasteiger partial charge in [0, 0.05) is 19.2 Å². The van der Waals surface area contributed by atoms with Gasteiger partial charge in [-0.3, -0.25) is 0 Å². The molecule has 0 heterocycles. The zero-order valence-electron chi connectivity index (χ0n) is 13.7. The largest absolute Gasteiger partial charge is 0.382 e. The summed E-state index contributed by atoms with van der Waals surface area (Å²) in [6.45, 7) is 9.64. The van der Waals surface area contributed by atoms with E-state index in [-0.39, 0.29) is 11.6 Å². The van der Waals surface area contributed by atoms with Crippen LogP contribution < -0.4 is 5.32 Å². The first-order valence-electron chi connectivity index (χ1n) is 7.51. The van der Waals surface area contributed by atoms with E-state index in [2.05, 4.69) is 38.2 Å². The predicted octanol–water partition coefficient (Wildman–Crippen LogP) is 2.80. The Kier molecular flexibility index (Phi) is 8.54. The van der Waals surface area contributed by atoms with E-state index in [0.717, 1.165) is 6.54 Å². The zero-order valence-corrected chi connectivity index (χ0v) is 13.7. The fourth-order valence-corrected chi connectivity index (χ4v) is 1.83. The molecule has 21 heavy (non-hydrogen) atoms. The summed E-state index contributed by atoms with van der Waals surface area (Å²) in [6, 6.07) is 10.3. The van der Waals surface area contributed by atoms with Crippen molar-refractivity contribution in [1.29, 1.82) is 0 Å². The summed E-state index contributed by atoms with van der Waals surface area (Å²) < 4.78 is 16.3. The van der Waals surface area contributed by atoms with Gasteiger partial charge in [-0.05, 0) is 26.3 Å². The van der Waals surface area contributed by atoms with Gasteiger partial charge in [-0.2, -0.15) is 0 Å². The zero-order chi connectivity index (χ0) is 15.6. The van der Waals surface area contributed by atoms with Crippen LogP contribution in [0.2, 0.25) is 0 Å². The first-order valence-corrected chi connectivity index (χ1v) is 7.51. The summed E-state index contributed by atoms with van der Waals surface area (Å²) in [7, 11) is 1.67. The van der Waals surface area contributed by atoms with Crippen LogP contribution in [0.25, 0.3) is 0 Å². The first kappa shape index (κ1) is 18.1. The Morgan fingerprint density at radius 2 is 1.67 bits per heavy atom. The third-order valence-corrected chi connectivity index (χ3v) is 2.97. The lowest BCUT2D eigenvalue weighted by Gasteiger charge is -2.26. The van der Waals surface area contributed by atoms with E-state index in [1.165, 1.54) is 5.56 Å². The van der Waals surface area contributed by atoms with E-state index >= 15 is 0 Å². The minimum absolute atomic E-state index is 0.0384. The van der Waals surface area contributed by atoms with Crippen molar-refractivity contribution in [2.75, 3.05) is 40.1 Å². The fourth-order valence-electron chi connectivity index (χ4n) is 1.83. The van der Waals surface area contributed by atoms with Crippen molar-refractivity contribution in [2.45, 2.75) is 32.4 Å². The summed E-state index contributed by atoms with van der Waals surface area (Å²) in [4.78, 5) is 0. The molecule has 0 saturated heterocycles. The maximum Gasteiger partial charge on any atom is 0.0950 e. The van der Waals surface area contributed by atoms with Crippen LogP contribution >= 0.6 is 0 Å². The Labute approximate surface area is 128 Å². The Morgan fingerprint density at radius 1 is 1.00 bits per heavy atom. The van der Waals surface area contributed by atoms with Gasteiger partial charge in [0.25, 0.3) is 0 Å². The molecule has 1 N–H and O–H groups in total. The molecule has 1 unspecified atom stereocenters. The molecular weight excluding hydrogens is 266 g/mol. The molecule has 1 aromatic rings. The number of hydrogen-bond donors (Lipinski definition) is 1. The summed E-state index contributed by atoms with van der Waals surface area (Å²) in [6.07, 6.45) is 0.0384. The predicted molar refractivity (Wildman–Crippen MR) is 85.6 cm³/mol. The molecule has 1 rings (SSSR count). The van der Waals surface area contributed by atoms with Crippen molar-refractivity contribution in [3.63, 3.8) is 0 Å². The molecule has 0 aromatic heterocycles. The second-order valence-corrected chi connectivity index (χ2v) is 6.01. The van der Waals surface area contributed by atoms with Crippen LogP contribution in [0, 0.1) is 0 Å². The topological polar surface area (TPSA) is 39.7 Å². The molecule has 0 bridgehead atoms. The molecule has 0 aliphatic heterocycles. The van der Waals surface area contributed by atoms with E-state index in [4.69, 9.17) is 14.2 Å². The minimum atomic E-state index is 0.0384. The highest BCUT2D eigenvalue weighted by Gasteiger charge is 2.16. The average Bonchev–Trinajstić information content (AvgIpc) is 2.45. The smallest absolute Gasteiger partial charge is 0.0950 e. The molecule has 0 saturated carbocycles. The highest BCUT2D eigenvalue weighted by atomic mass is 16.5. The molecule has 0 radical (unpaired) electrons. The van der Waals surface area contributed by atoms with Gasteiger partial charge in [0.2, 0.25) is 0 Å². The Morgan fingerprint density at radius 3 is 2.29 bits per heavy atom. The normalized spacial score (nSPS) is 13.3. The van der Waals surface area contributed by atoms with Gasteiger partial charge < -0.3 is 19.5 Å². The number of nitrogens with one attached hydrogen (secondary N) is 1. The molecular formula is C17H29NO3. The van der Waals surface area contributed by atoms with Crippen molar-refractivity contribution in [1.82, 2.24) is 5.32 Å². The van der Waals surface area contributed by atoms with Crippen molar-refractivity contribution in [3.05, 3.63) is 35.9 Å². The number of hydrogen-bond acceptors (Lipinski definition) is 4. The van der Waals surface area contributed by atoms with Crippen LogP contribution in [0.1, 0.15) is 32.4 Å². The quantitative estimate of drug-likeness (QED) is 0.674. The molecule has 120 valence electrons. The Hall–Kier alpha value is -0.940. The van der Waals surface area contributed by atoms with Gasteiger partial charge >= 0.3 is 0 Å². The lowest BCUT2D eigenvalue weighted by atomic mass is 10.1. The Bertz CT molecular complexity index is 362. The molecule has 0 spiro atoms. The van der Waals surface area contributed by atoms with Crippen molar-refractivity contribution < 1.29 is 14.2 Å². The summed E-state index contributed by atoms with van der Waals surface area (Å²) in [5, 5.41) is 3.50. The molecule has 0 amide bonds. The lowest BCUT2D eigenvalue weighted by molar-refractivity contribution is -0.00853. The molecule has 4 heteroatoms. The van der Waals surface area contributed by atoms with Crippen LogP contribution in [-0.2, 0) is 14.2 Å². The number of methoxy groups -OCH3 is 1. The first-order chi connectivity index (χ1) is 10.0. The molecule has 0 aliphatic carbocycles. The van der Waals surface area contributed by atoms with E-state index in [1.54, 1.807) is 7.11 Å². The monoisotopic (exact) mass is 295 g/mol. The molecule has 0 fully saturated rings. The number of ether oxygens (including phenoxy) is 3. The van der Waals surface area contributed by atoms with E-state index in [9.17, 15) is 0 Å². The third-order valence-electron chi connectivity index (χ3n) is 2.97. The number of benzene rings is 1. The van der Waals surface area contributed by atoms with Gasteiger partial charge in [-0.1, -0.05) is 30.3 Å². The van der Waals surface area contributed by atoms with Gasteiger partial charge in [-0.25, -0.2) is 0 Å². The van der Waals surface area contributed by atoms with E-state index in [0.29, 0.717) is 26.4 Å². The van der Waals surface area contributed by atoms with Crippen LogP contribution in [0.4, 0.5) is 0 Å².